The Morgan fingerprint density at radius 3 is 2.69 bits per heavy atom. The molecule has 0 aliphatic rings. The minimum atomic E-state index is -0.185. The molecule has 0 aliphatic carbocycles. The van der Waals surface area contributed by atoms with Crippen molar-refractivity contribution in [2.75, 3.05) is 0 Å². The average molecular weight is 222 g/mol. The number of ether oxygens (including phenoxy) is 1. The fourth-order valence-electron chi connectivity index (χ4n) is 1.58. The number of aliphatic hydroxyl groups excluding tert-OH is 1. The van der Waals surface area contributed by atoms with E-state index >= 15 is 0 Å². The van der Waals surface area contributed by atoms with Crippen LogP contribution in [0.5, 0.6) is 5.75 Å². The Balaban J connectivity index is 2.53. The molecule has 0 aliphatic heterocycles. The molecule has 2 heteroatoms. The van der Waals surface area contributed by atoms with Gasteiger partial charge >= 0.3 is 0 Å². The fourth-order valence-corrected chi connectivity index (χ4v) is 1.58. The molecule has 0 saturated heterocycles. The second-order valence-corrected chi connectivity index (χ2v) is 4.41. The standard InChI is InChI=1S/C14H22O2/c1-4-13(15)9-8-12-6-5-7-14(10-12)16-11(2)3/h5-7,10-11,13,15H,4,8-9H2,1-3H3. The zero-order valence-electron chi connectivity index (χ0n) is 10.4. The van der Waals surface area contributed by atoms with Gasteiger partial charge in [0, 0.05) is 0 Å². The molecule has 1 N–H and O–H groups in total. The van der Waals surface area contributed by atoms with E-state index in [0.29, 0.717) is 0 Å². The van der Waals surface area contributed by atoms with Crippen LogP contribution in [0.1, 0.15) is 39.2 Å². The third-order valence-corrected chi connectivity index (χ3v) is 2.51. The van der Waals surface area contributed by atoms with Crippen molar-refractivity contribution in [2.24, 2.45) is 0 Å². The first kappa shape index (κ1) is 13.0. The van der Waals surface area contributed by atoms with E-state index in [-0.39, 0.29) is 12.2 Å². The molecular weight excluding hydrogens is 200 g/mol. The maximum absolute atomic E-state index is 9.50. The van der Waals surface area contributed by atoms with Crippen molar-refractivity contribution in [1.29, 1.82) is 0 Å². The third kappa shape index (κ3) is 4.67. The van der Waals surface area contributed by atoms with Gasteiger partial charge in [0.2, 0.25) is 0 Å². The molecule has 16 heavy (non-hydrogen) atoms. The fraction of sp³-hybridized carbons (Fsp3) is 0.571. The summed E-state index contributed by atoms with van der Waals surface area (Å²) in [5, 5.41) is 9.50. The number of hydrogen-bond acceptors (Lipinski definition) is 2. The molecule has 0 radical (unpaired) electrons. The van der Waals surface area contributed by atoms with Gasteiger partial charge in [-0.25, -0.2) is 0 Å². The van der Waals surface area contributed by atoms with Gasteiger partial charge in [-0.1, -0.05) is 19.1 Å². The van der Waals surface area contributed by atoms with Crippen molar-refractivity contribution in [3.63, 3.8) is 0 Å². The number of benzene rings is 1. The van der Waals surface area contributed by atoms with E-state index in [1.807, 2.05) is 32.9 Å². The van der Waals surface area contributed by atoms with Crippen LogP contribution in [0.3, 0.4) is 0 Å². The van der Waals surface area contributed by atoms with E-state index in [4.69, 9.17) is 4.74 Å². The molecule has 1 unspecified atom stereocenters. The summed E-state index contributed by atoms with van der Waals surface area (Å²) in [7, 11) is 0. The Morgan fingerprint density at radius 1 is 1.31 bits per heavy atom. The summed E-state index contributed by atoms with van der Waals surface area (Å²) >= 11 is 0. The summed E-state index contributed by atoms with van der Waals surface area (Å²) in [5.74, 6) is 0.915. The van der Waals surface area contributed by atoms with E-state index in [2.05, 4.69) is 12.1 Å². The van der Waals surface area contributed by atoms with E-state index in [0.717, 1.165) is 25.0 Å². The first-order chi connectivity index (χ1) is 7.61. The average Bonchev–Trinajstić information content (AvgIpc) is 2.25. The van der Waals surface area contributed by atoms with Crippen LogP contribution in [0.4, 0.5) is 0 Å². The molecule has 0 saturated carbocycles. The van der Waals surface area contributed by atoms with Crippen molar-refractivity contribution in [3.05, 3.63) is 29.8 Å². The number of aliphatic hydroxyl groups is 1. The lowest BCUT2D eigenvalue weighted by Gasteiger charge is -2.11. The van der Waals surface area contributed by atoms with E-state index < -0.39 is 0 Å². The molecule has 1 aromatic rings. The summed E-state index contributed by atoms with van der Waals surface area (Å²) in [6.07, 6.45) is 2.57. The highest BCUT2D eigenvalue weighted by Gasteiger charge is 2.03. The predicted molar refractivity (Wildman–Crippen MR) is 66.8 cm³/mol. The van der Waals surface area contributed by atoms with Gasteiger partial charge in [0.05, 0.1) is 12.2 Å². The van der Waals surface area contributed by atoms with Crippen molar-refractivity contribution >= 4 is 0 Å². The lowest BCUT2D eigenvalue weighted by Crippen LogP contribution is -2.07. The molecule has 1 rings (SSSR count). The highest BCUT2D eigenvalue weighted by molar-refractivity contribution is 5.28. The second-order valence-electron chi connectivity index (χ2n) is 4.41. The van der Waals surface area contributed by atoms with Gasteiger partial charge in [0.1, 0.15) is 5.75 Å². The van der Waals surface area contributed by atoms with Gasteiger partial charge in [0.25, 0.3) is 0 Å². The monoisotopic (exact) mass is 222 g/mol. The maximum Gasteiger partial charge on any atom is 0.119 e. The summed E-state index contributed by atoms with van der Waals surface area (Å²) < 4.78 is 5.63. The van der Waals surface area contributed by atoms with Crippen molar-refractivity contribution in [3.8, 4) is 5.75 Å². The van der Waals surface area contributed by atoms with Gasteiger partial charge in [-0.3, -0.25) is 0 Å². The quantitative estimate of drug-likeness (QED) is 0.801. The van der Waals surface area contributed by atoms with Crippen LogP contribution in [-0.4, -0.2) is 17.3 Å². The first-order valence-corrected chi connectivity index (χ1v) is 6.05. The van der Waals surface area contributed by atoms with Gasteiger partial charge in [-0.05, 0) is 50.8 Å². The molecule has 0 heterocycles. The number of aryl methyl sites for hydroxylation is 1. The van der Waals surface area contributed by atoms with Crippen LogP contribution in [0.15, 0.2) is 24.3 Å². The molecule has 0 spiro atoms. The molecule has 0 amide bonds. The van der Waals surface area contributed by atoms with Crippen molar-refractivity contribution in [1.82, 2.24) is 0 Å². The van der Waals surface area contributed by atoms with Crippen LogP contribution < -0.4 is 4.74 Å². The highest BCUT2D eigenvalue weighted by atomic mass is 16.5. The molecular formula is C14H22O2. The topological polar surface area (TPSA) is 29.5 Å². The molecule has 1 atom stereocenters. The van der Waals surface area contributed by atoms with E-state index in [1.165, 1.54) is 5.56 Å². The normalized spacial score (nSPS) is 12.8. The Hall–Kier alpha value is -1.02. The molecule has 0 aromatic heterocycles. The smallest absolute Gasteiger partial charge is 0.119 e. The second kappa shape index (κ2) is 6.54. The summed E-state index contributed by atoms with van der Waals surface area (Å²) in [4.78, 5) is 0. The summed E-state index contributed by atoms with van der Waals surface area (Å²) in [6.45, 7) is 6.05. The Bertz CT molecular complexity index is 307. The molecule has 90 valence electrons. The minimum Gasteiger partial charge on any atom is -0.491 e. The lowest BCUT2D eigenvalue weighted by atomic mass is 10.1. The largest absolute Gasteiger partial charge is 0.491 e. The third-order valence-electron chi connectivity index (χ3n) is 2.51. The zero-order chi connectivity index (χ0) is 12.0. The minimum absolute atomic E-state index is 0.185. The summed E-state index contributed by atoms with van der Waals surface area (Å²) in [5.41, 5.74) is 1.23. The van der Waals surface area contributed by atoms with Crippen LogP contribution >= 0.6 is 0 Å². The van der Waals surface area contributed by atoms with Gasteiger partial charge in [-0.15, -0.1) is 0 Å². The van der Waals surface area contributed by atoms with E-state index in [1.54, 1.807) is 0 Å². The van der Waals surface area contributed by atoms with Crippen molar-refractivity contribution < 1.29 is 9.84 Å². The van der Waals surface area contributed by atoms with Crippen LogP contribution in [0, 0.1) is 0 Å². The van der Waals surface area contributed by atoms with Crippen LogP contribution in [-0.2, 0) is 6.42 Å². The van der Waals surface area contributed by atoms with E-state index in [9.17, 15) is 5.11 Å². The van der Waals surface area contributed by atoms with Gasteiger partial charge in [0.15, 0.2) is 0 Å². The highest BCUT2D eigenvalue weighted by Crippen LogP contribution is 2.16. The Morgan fingerprint density at radius 2 is 2.06 bits per heavy atom. The zero-order valence-corrected chi connectivity index (χ0v) is 10.4. The predicted octanol–water partition coefficient (Wildman–Crippen LogP) is 3.18. The van der Waals surface area contributed by atoms with Gasteiger partial charge in [-0.2, -0.15) is 0 Å². The number of hydrogen-bond donors (Lipinski definition) is 1. The molecule has 1 aromatic carbocycles. The first-order valence-electron chi connectivity index (χ1n) is 6.05. The molecule has 2 nitrogen and oxygen atoms in total. The lowest BCUT2D eigenvalue weighted by molar-refractivity contribution is 0.160. The Kier molecular flexibility index (Phi) is 5.33. The summed E-state index contributed by atoms with van der Waals surface area (Å²) in [6, 6.07) is 8.11. The van der Waals surface area contributed by atoms with Crippen molar-refractivity contribution in [2.45, 2.75) is 52.2 Å². The SMILES string of the molecule is CCC(O)CCc1cccc(OC(C)C)c1. The van der Waals surface area contributed by atoms with Crippen LogP contribution in [0.2, 0.25) is 0 Å². The molecule has 0 bridgehead atoms. The van der Waals surface area contributed by atoms with Gasteiger partial charge < -0.3 is 9.84 Å². The van der Waals surface area contributed by atoms with Crippen LogP contribution in [0.25, 0.3) is 0 Å². The Labute approximate surface area is 98.3 Å². The number of rotatable bonds is 6. The molecule has 0 fully saturated rings. The maximum atomic E-state index is 9.50.